The van der Waals surface area contributed by atoms with Crippen LogP contribution in [0.15, 0.2) is 41.3 Å². The highest BCUT2D eigenvalue weighted by atomic mass is 35.5. The van der Waals surface area contributed by atoms with Crippen molar-refractivity contribution in [1.82, 2.24) is 0 Å². The fourth-order valence-electron chi connectivity index (χ4n) is 2.31. The van der Waals surface area contributed by atoms with Crippen molar-refractivity contribution in [2.24, 2.45) is 5.73 Å². The Labute approximate surface area is 165 Å². The molecule has 0 saturated heterocycles. The van der Waals surface area contributed by atoms with E-state index >= 15 is 0 Å². The Morgan fingerprint density at radius 1 is 1.21 bits per heavy atom. The Bertz CT molecular complexity index is 1010. The molecule has 0 aliphatic carbocycles. The molecule has 1 atom stereocenters. The van der Waals surface area contributed by atoms with E-state index in [4.69, 9.17) is 22.1 Å². The molecule has 0 aliphatic rings. The van der Waals surface area contributed by atoms with Crippen LogP contribution in [0.2, 0.25) is 5.02 Å². The van der Waals surface area contributed by atoms with Crippen LogP contribution in [0, 0.1) is 0 Å². The summed E-state index contributed by atoms with van der Waals surface area (Å²) in [5.74, 6) is -2.15. The van der Waals surface area contributed by atoms with E-state index in [0.717, 1.165) is 18.2 Å². The summed E-state index contributed by atoms with van der Waals surface area (Å²) in [5.41, 5.74) is 4.19. The first-order valence-electron chi connectivity index (χ1n) is 8.07. The Morgan fingerprint density at radius 3 is 2.36 bits per heavy atom. The average molecular weight is 436 g/mol. The molecule has 1 unspecified atom stereocenters. The van der Waals surface area contributed by atoms with Crippen molar-refractivity contribution < 1.29 is 31.1 Å². The molecule has 0 spiro atoms. The number of halogens is 4. The topological polar surface area (TPSA) is 86.5 Å². The van der Waals surface area contributed by atoms with E-state index in [0.29, 0.717) is 0 Å². The zero-order chi connectivity index (χ0) is 21.3. The van der Waals surface area contributed by atoms with E-state index in [1.54, 1.807) is 0 Å². The summed E-state index contributed by atoms with van der Waals surface area (Å²) in [6.07, 6.45) is -4.67. The van der Waals surface area contributed by atoms with E-state index in [-0.39, 0.29) is 32.7 Å². The number of ether oxygens (including phenoxy) is 1. The van der Waals surface area contributed by atoms with Gasteiger partial charge >= 0.3 is 6.18 Å². The van der Waals surface area contributed by atoms with Gasteiger partial charge in [0.1, 0.15) is 11.5 Å². The van der Waals surface area contributed by atoms with Gasteiger partial charge < -0.3 is 10.5 Å². The van der Waals surface area contributed by atoms with Crippen molar-refractivity contribution in [1.29, 1.82) is 0 Å². The first-order valence-corrected chi connectivity index (χ1v) is 10.1. The fraction of sp³-hybridized carbons (Fsp3) is 0.278. The minimum absolute atomic E-state index is 0.0265. The predicted molar refractivity (Wildman–Crippen MR) is 98.3 cm³/mol. The molecule has 0 fully saturated rings. The van der Waals surface area contributed by atoms with Gasteiger partial charge in [0.15, 0.2) is 9.84 Å². The smallest absolute Gasteiger partial charge is 0.416 e. The summed E-state index contributed by atoms with van der Waals surface area (Å²) < 4.78 is 68.8. The predicted octanol–water partition coefficient (Wildman–Crippen LogP) is 4.53. The lowest BCUT2D eigenvalue weighted by Gasteiger charge is -2.16. The standard InChI is InChI=1S/C18H17ClF3NO4S/c1-3-28(25,26)14-4-5-16(15(19)9-14)27-13-7-11(10(2)17(23)24)6-12(8-13)18(20,21)22/h4-10H,3H2,1-2H3,(H2,23,24). The van der Waals surface area contributed by atoms with Gasteiger partial charge in [0.25, 0.3) is 0 Å². The molecule has 152 valence electrons. The lowest BCUT2D eigenvalue weighted by atomic mass is 9.98. The molecule has 2 rings (SSSR count). The van der Waals surface area contributed by atoms with Gasteiger partial charge in [-0.3, -0.25) is 4.79 Å². The van der Waals surface area contributed by atoms with Gasteiger partial charge in [0.05, 0.1) is 27.2 Å². The number of carbonyl (C=O) groups excluding carboxylic acids is 1. The van der Waals surface area contributed by atoms with Crippen LogP contribution in [-0.4, -0.2) is 20.1 Å². The van der Waals surface area contributed by atoms with Crippen LogP contribution in [0.3, 0.4) is 0 Å². The molecular formula is C18H17ClF3NO4S. The number of primary amides is 1. The lowest BCUT2D eigenvalue weighted by Crippen LogP contribution is -2.19. The zero-order valence-corrected chi connectivity index (χ0v) is 16.5. The normalized spacial score (nSPS) is 13.2. The maximum absolute atomic E-state index is 13.2. The van der Waals surface area contributed by atoms with Crippen LogP contribution >= 0.6 is 11.6 Å². The summed E-state index contributed by atoms with van der Waals surface area (Å²) in [6, 6.07) is 6.49. The minimum Gasteiger partial charge on any atom is -0.456 e. The monoisotopic (exact) mass is 435 g/mol. The van der Waals surface area contributed by atoms with Gasteiger partial charge in [-0.25, -0.2) is 8.42 Å². The summed E-state index contributed by atoms with van der Waals surface area (Å²) in [7, 11) is -3.50. The Kier molecular flexibility index (Phi) is 6.30. The minimum atomic E-state index is -4.67. The summed E-state index contributed by atoms with van der Waals surface area (Å²) in [4.78, 5) is 11.3. The highest BCUT2D eigenvalue weighted by Gasteiger charge is 2.32. The molecule has 0 saturated carbocycles. The van der Waals surface area contributed by atoms with E-state index in [1.165, 1.54) is 32.0 Å². The van der Waals surface area contributed by atoms with Crippen molar-refractivity contribution >= 4 is 27.3 Å². The second kappa shape index (κ2) is 8.00. The van der Waals surface area contributed by atoms with Gasteiger partial charge in [-0.15, -0.1) is 0 Å². The first kappa shape index (κ1) is 22.0. The largest absolute Gasteiger partial charge is 0.456 e. The Hall–Kier alpha value is -2.26. The SMILES string of the molecule is CCS(=O)(=O)c1ccc(Oc2cc(C(C)C(N)=O)cc(C(F)(F)F)c2)c(Cl)c1. The van der Waals surface area contributed by atoms with Crippen LogP contribution in [0.1, 0.15) is 30.9 Å². The van der Waals surface area contributed by atoms with E-state index in [1.807, 2.05) is 0 Å². The van der Waals surface area contributed by atoms with Gasteiger partial charge in [-0.05, 0) is 48.9 Å². The third-order valence-corrected chi connectivity index (χ3v) is 6.08. The summed E-state index contributed by atoms with van der Waals surface area (Å²) in [5, 5.41) is -0.0866. The highest BCUT2D eigenvalue weighted by molar-refractivity contribution is 7.91. The second-order valence-corrected chi connectivity index (χ2v) is 8.70. The average Bonchev–Trinajstić information content (AvgIpc) is 2.61. The lowest BCUT2D eigenvalue weighted by molar-refractivity contribution is -0.137. The molecule has 0 radical (unpaired) electrons. The van der Waals surface area contributed by atoms with Gasteiger partial charge in [0.2, 0.25) is 5.91 Å². The van der Waals surface area contributed by atoms with Gasteiger partial charge in [0, 0.05) is 0 Å². The zero-order valence-electron chi connectivity index (χ0n) is 14.9. The first-order chi connectivity index (χ1) is 12.8. The van der Waals surface area contributed by atoms with Crippen LogP contribution in [0.25, 0.3) is 0 Å². The fourth-order valence-corrected chi connectivity index (χ4v) is 3.50. The highest BCUT2D eigenvalue weighted by Crippen LogP contribution is 2.37. The van der Waals surface area contributed by atoms with Crippen molar-refractivity contribution in [2.75, 3.05) is 5.75 Å². The van der Waals surface area contributed by atoms with Crippen LogP contribution in [-0.2, 0) is 20.8 Å². The van der Waals surface area contributed by atoms with Crippen LogP contribution in [0.5, 0.6) is 11.5 Å². The molecule has 0 bridgehead atoms. The van der Waals surface area contributed by atoms with Crippen LogP contribution in [0.4, 0.5) is 13.2 Å². The maximum atomic E-state index is 13.2. The Morgan fingerprint density at radius 2 is 1.86 bits per heavy atom. The number of rotatable bonds is 6. The summed E-state index contributed by atoms with van der Waals surface area (Å²) >= 11 is 6.04. The molecule has 2 N–H and O–H groups in total. The van der Waals surface area contributed by atoms with Crippen molar-refractivity contribution in [3.05, 3.63) is 52.5 Å². The second-order valence-electron chi connectivity index (χ2n) is 6.01. The van der Waals surface area contributed by atoms with E-state index < -0.39 is 33.4 Å². The van der Waals surface area contributed by atoms with Crippen molar-refractivity contribution in [3.63, 3.8) is 0 Å². The quantitative estimate of drug-likeness (QED) is 0.722. The molecule has 1 amide bonds. The third-order valence-electron chi connectivity index (χ3n) is 4.05. The molecule has 10 heteroatoms. The van der Waals surface area contributed by atoms with Crippen molar-refractivity contribution in [3.8, 4) is 11.5 Å². The van der Waals surface area contributed by atoms with Gasteiger partial charge in [-0.2, -0.15) is 13.2 Å². The number of carbonyl (C=O) groups is 1. The summed E-state index contributed by atoms with van der Waals surface area (Å²) in [6.45, 7) is 2.84. The molecular weight excluding hydrogens is 419 g/mol. The van der Waals surface area contributed by atoms with E-state index in [2.05, 4.69) is 0 Å². The van der Waals surface area contributed by atoms with Crippen LogP contribution < -0.4 is 10.5 Å². The number of hydrogen-bond acceptors (Lipinski definition) is 4. The third kappa shape index (κ3) is 4.96. The van der Waals surface area contributed by atoms with Crippen molar-refractivity contribution in [2.45, 2.75) is 30.8 Å². The number of hydrogen-bond donors (Lipinski definition) is 1. The maximum Gasteiger partial charge on any atom is 0.416 e. The number of sulfone groups is 1. The number of nitrogens with two attached hydrogens (primary N) is 1. The molecule has 2 aromatic rings. The molecule has 2 aromatic carbocycles. The molecule has 28 heavy (non-hydrogen) atoms. The molecule has 0 aliphatic heterocycles. The molecule has 5 nitrogen and oxygen atoms in total. The van der Waals surface area contributed by atoms with E-state index in [9.17, 15) is 26.4 Å². The number of amides is 1. The molecule has 0 heterocycles. The number of benzene rings is 2. The van der Waals surface area contributed by atoms with Gasteiger partial charge in [-0.1, -0.05) is 18.5 Å². The Balaban J connectivity index is 2.48. The molecule has 0 aromatic heterocycles. The number of alkyl halides is 3.